The first kappa shape index (κ1) is 10.7. The van der Waals surface area contributed by atoms with Crippen LogP contribution in [0.25, 0.3) is 11.0 Å². The molecule has 18 heavy (non-hydrogen) atoms. The van der Waals surface area contributed by atoms with Gasteiger partial charge in [-0.05, 0) is 30.7 Å². The normalized spacial score (nSPS) is 10.5. The Kier molecular flexibility index (Phi) is 2.65. The summed E-state index contributed by atoms with van der Waals surface area (Å²) in [7, 11) is 0. The van der Waals surface area contributed by atoms with Crippen molar-refractivity contribution in [3.05, 3.63) is 60.3 Å². The lowest BCUT2D eigenvalue weighted by atomic mass is 10.2. The number of hydrogen-bond donors (Lipinski definition) is 1. The number of anilines is 2. The number of hydrogen-bond acceptors (Lipinski definition) is 3. The third-order valence-corrected chi connectivity index (χ3v) is 2.86. The molecule has 0 unspecified atom stereocenters. The van der Waals surface area contributed by atoms with Crippen LogP contribution in [-0.2, 0) is 0 Å². The van der Waals surface area contributed by atoms with Gasteiger partial charge in [-0.1, -0.05) is 30.3 Å². The van der Waals surface area contributed by atoms with E-state index < -0.39 is 0 Å². The first-order valence-electron chi connectivity index (χ1n) is 5.87. The van der Waals surface area contributed by atoms with Crippen LogP contribution < -0.4 is 5.32 Å². The summed E-state index contributed by atoms with van der Waals surface area (Å²) in [6.45, 7) is 2.07. The highest BCUT2D eigenvalue weighted by molar-refractivity contribution is 5.76. The predicted molar refractivity (Wildman–Crippen MR) is 74.0 cm³/mol. The van der Waals surface area contributed by atoms with Crippen molar-refractivity contribution >= 4 is 22.5 Å². The van der Waals surface area contributed by atoms with E-state index in [9.17, 15) is 0 Å². The molecule has 1 heterocycles. The molecular formula is C15H13N3. The monoisotopic (exact) mass is 235 g/mol. The number of aromatic nitrogens is 2. The van der Waals surface area contributed by atoms with E-state index in [0.717, 1.165) is 22.5 Å². The zero-order valence-electron chi connectivity index (χ0n) is 10.1. The second-order valence-corrected chi connectivity index (χ2v) is 4.18. The molecule has 0 atom stereocenters. The van der Waals surface area contributed by atoms with Gasteiger partial charge in [-0.2, -0.15) is 0 Å². The molecule has 3 heteroatoms. The fourth-order valence-electron chi connectivity index (χ4n) is 1.87. The number of fused-ring (bicyclic) bond motifs is 1. The third kappa shape index (κ3) is 2.02. The van der Waals surface area contributed by atoms with E-state index in [-0.39, 0.29) is 0 Å². The van der Waals surface area contributed by atoms with Gasteiger partial charge in [-0.3, -0.25) is 4.98 Å². The molecule has 0 bridgehead atoms. The molecule has 1 N–H and O–H groups in total. The van der Waals surface area contributed by atoms with E-state index in [2.05, 4.69) is 28.3 Å². The molecule has 3 nitrogen and oxygen atoms in total. The Labute approximate surface area is 106 Å². The van der Waals surface area contributed by atoms with Crippen molar-refractivity contribution in [2.45, 2.75) is 6.92 Å². The Morgan fingerprint density at radius 1 is 0.889 bits per heavy atom. The Hall–Kier alpha value is -2.42. The maximum atomic E-state index is 4.54. The second-order valence-electron chi connectivity index (χ2n) is 4.18. The Morgan fingerprint density at radius 3 is 2.44 bits per heavy atom. The van der Waals surface area contributed by atoms with Crippen LogP contribution in [0.4, 0.5) is 11.5 Å². The summed E-state index contributed by atoms with van der Waals surface area (Å²) in [5, 5.41) is 3.29. The minimum absolute atomic E-state index is 0.767. The minimum Gasteiger partial charge on any atom is -0.339 e. The van der Waals surface area contributed by atoms with E-state index >= 15 is 0 Å². The van der Waals surface area contributed by atoms with Crippen molar-refractivity contribution in [1.29, 1.82) is 0 Å². The van der Waals surface area contributed by atoms with Crippen LogP contribution in [0.2, 0.25) is 0 Å². The molecule has 0 saturated carbocycles. The zero-order valence-corrected chi connectivity index (χ0v) is 10.1. The number of aryl methyl sites for hydroxylation is 1. The standard InChI is InChI=1S/C15H13N3/c1-11-6-2-3-7-12(11)17-15-10-16-13-8-4-5-9-14(13)18-15/h2-10H,1H3,(H,17,18). The van der Waals surface area contributed by atoms with Gasteiger partial charge < -0.3 is 5.32 Å². The van der Waals surface area contributed by atoms with Gasteiger partial charge in [0.25, 0.3) is 0 Å². The van der Waals surface area contributed by atoms with Crippen LogP contribution in [0.15, 0.2) is 54.7 Å². The molecule has 1 aromatic heterocycles. The van der Waals surface area contributed by atoms with Gasteiger partial charge in [0.1, 0.15) is 5.82 Å². The first-order chi connectivity index (χ1) is 8.83. The number of para-hydroxylation sites is 3. The van der Waals surface area contributed by atoms with Gasteiger partial charge in [0.15, 0.2) is 0 Å². The highest BCUT2D eigenvalue weighted by atomic mass is 15.0. The van der Waals surface area contributed by atoms with Crippen molar-refractivity contribution in [3.63, 3.8) is 0 Å². The summed E-state index contributed by atoms with van der Waals surface area (Å²) >= 11 is 0. The van der Waals surface area contributed by atoms with Crippen LogP contribution in [0.1, 0.15) is 5.56 Å². The van der Waals surface area contributed by atoms with Gasteiger partial charge in [0.2, 0.25) is 0 Å². The zero-order chi connectivity index (χ0) is 12.4. The Morgan fingerprint density at radius 2 is 1.61 bits per heavy atom. The van der Waals surface area contributed by atoms with Crippen molar-refractivity contribution in [2.24, 2.45) is 0 Å². The highest BCUT2D eigenvalue weighted by Gasteiger charge is 2.01. The largest absolute Gasteiger partial charge is 0.339 e. The molecule has 0 spiro atoms. The molecule has 3 rings (SSSR count). The van der Waals surface area contributed by atoms with Gasteiger partial charge in [-0.25, -0.2) is 4.98 Å². The van der Waals surface area contributed by atoms with Crippen LogP contribution >= 0.6 is 0 Å². The maximum absolute atomic E-state index is 4.54. The molecule has 2 aromatic carbocycles. The molecule has 0 radical (unpaired) electrons. The summed E-state index contributed by atoms with van der Waals surface area (Å²) in [5.74, 6) is 0.767. The predicted octanol–water partition coefficient (Wildman–Crippen LogP) is 3.68. The highest BCUT2D eigenvalue weighted by Crippen LogP contribution is 2.19. The summed E-state index contributed by atoms with van der Waals surface area (Å²) in [4.78, 5) is 8.92. The SMILES string of the molecule is Cc1ccccc1Nc1cnc2ccccc2n1. The minimum atomic E-state index is 0.767. The van der Waals surface area contributed by atoms with Crippen molar-refractivity contribution < 1.29 is 0 Å². The number of benzene rings is 2. The molecule has 0 amide bonds. The second kappa shape index (κ2) is 4.45. The summed E-state index contributed by atoms with van der Waals surface area (Å²) < 4.78 is 0. The molecular weight excluding hydrogens is 222 g/mol. The van der Waals surface area contributed by atoms with E-state index in [1.54, 1.807) is 6.20 Å². The lowest BCUT2D eigenvalue weighted by Gasteiger charge is -2.08. The molecule has 0 aliphatic heterocycles. The smallest absolute Gasteiger partial charge is 0.149 e. The summed E-state index contributed by atoms with van der Waals surface area (Å²) in [5.41, 5.74) is 4.05. The average molecular weight is 235 g/mol. The van der Waals surface area contributed by atoms with E-state index in [1.807, 2.05) is 42.5 Å². The lowest BCUT2D eigenvalue weighted by Crippen LogP contribution is -1.96. The lowest BCUT2D eigenvalue weighted by molar-refractivity contribution is 1.27. The molecule has 3 aromatic rings. The maximum Gasteiger partial charge on any atom is 0.149 e. The van der Waals surface area contributed by atoms with Crippen LogP contribution in [-0.4, -0.2) is 9.97 Å². The fraction of sp³-hybridized carbons (Fsp3) is 0.0667. The molecule has 0 aliphatic rings. The quantitative estimate of drug-likeness (QED) is 0.736. The summed E-state index contributed by atoms with van der Waals surface area (Å²) in [6.07, 6.45) is 1.76. The van der Waals surface area contributed by atoms with Gasteiger partial charge >= 0.3 is 0 Å². The van der Waals surface area contributed by atoms with Gasteiger partial charge in [0.05, 0.1) is 17.2 Å². The van der Waals surface area contributed by atoms with Crippen molar-refractivity contribution in [2.75, 3.05) is 5.32 Å². The Bertz CT molecular complexity index is 692. The summed E-state index contributed by atoms with van der Waals surface area (Å²) in [6, 6.07) is 16.0. The molecule has 0 aliphatic carbocycles. The van der Waals surface area contributed by atoms with Crippen molar-refractivity contribution in [3.8, 4) is 0 Å². The topological polar surface area (TPSA) is 37.8 Å². The van der Waals surface area contributed by atoms with Crippen LogP contribution in [0.5, 0.6) is 0 Å². The first-order valence-corrected chi connectivity index (χ1v) is 5.87. The van der Waals surface area contributed by atoms with Crippen LogP contribution in [0.3, 0.4) is 0 Å². The van der Waals surface area contributed by atoms with Crippen LogP contribution in [0, 0.1) is 6.92 Å². The van der Waals surface area contributed by atoms with E-state index in [4.69, 9.17) is 0 Å². The number of nitrogens with one attached hydrogen (secondary N) is 1. The van der Waals surface area contributed by atoms with E-state index in [0.29, 0.717) is 0 Å². The number of nitrogens with zero attached hydrogens (tertiary/aromatic N) is 2. The molecule has 88 valence electrons. The number of rotatable bonds is 2. The molecule has 0 saturated heterocycles. The fourth-order valence-corrected chi connectivity index (χ4v) is 1.87. The molecule has 0 fully saturated rings. The van der Waals surface area contributed by atoms with Gasteiger partial charge in [0, 0.05) is 5.69 Å². The van der Waals surface area contributed by atoms with Crippen molar-refractivity contribution in [1.82, 2.24) is 9.97 Å². The third-order valence-electron chi connectivity index (χ3n) is 2.86. The average Bonchev–Trinajstić information content (AvgIpc) is 2.41. The van der Waals surface area contributed by atoms with E-state index in [1.165, 1.54) is 5.56 Å². The Balaban J connectivity index is 1.98. The van der Waals surface area contributed by atoms with Gasteiger partial charge in [-0.15, -0.1) is 0 Å².